The Labute approximate surface area is 146 Å². The van der Waals surface area contributed by atoms with Crippen LogP contribution in [0, 0.1) is 6.92 Å². The van der Waals surface area contributed by atoms with Gasteiger partial charge in [-0.15, -0.1) is 0 Å². The average Bonchev–Trinajstić information content (AvgIpc) is 3.15. The van der Waals surface area contributed by atoms with Crippen LogP contribution in [0.2, 0.25) is 0 Å². The Morgan fingerprint density at radius 2 is 1.92 bits per heavy atom. The van der Waals surface area contributed by atoms with E-state index in [2.05, 4.69) is 21.1 Å². The van der Waals surface area contributed by atoms with Gasteiger partial charge in [-0.3, -0.25) is 10.1 Å². The predicted molar refractivity (Wildman–Crippen MR) is 92.6 cm³/mol. The lowest BCUT2D eigenvalue weighted by molar-refractivity contribution is 0.0925. The van der Waals surface area contributed by atoms with Crippen LogP contribution in [0.15, 0.2) is 27.3 Å². The molecule has 0 spiro atoms. The van der Waals surface area contributed by atoms with Gasteiger partial charge in [-0.1, -0.05) is 25.9 Å². The highest BCUT2D eigenvalue weighted by Gasteiger charge is 2.20. The Morgan fingerprint density at radius 3 is 2.52 bits per heavy atom. The molecule has 8 nitrogen and oxygen atoms in total. The topological polar surface area (TPSA) is 109 Å². The maximum absolute atomic E-state index is 11.8. The average molecular weight is 348 g/mol. The summed E-state index contributed by atoms with van der Waals surface area (Å²) in [5.41, 5.74) is 0.616. The number of amides is 3. The second kappa shape index (κ2) is 7.87. The van der Waals surface area contributed by atoms with E-state index < -0.39 is 0 Å². The summed E-state index contributed by atoms with van der Waals surface area (Å²) in [6.45, 7) is 8.63. The zero-order chi connectivity index (χ0) is 18.4. The minimum atomic E-state index is -0.373. The first kappa shape index (κ1) is 18.6. The van der Waals surface area contributed by atoms with Crippen molar-refractivity contribution in [1.82, 2.24) is 15.8 Å². The Kier molecular flexibility index (Phi) is 5.84. The van der Waals surface area contributed by atoms with Crippen LogP contribution in [0.4, 0.5) is 10.6 Å². The van der Waals surface area contributed by atoms with Crippen molar-refractivity contribution in [3.05, 3.63) is 35.5 Å². The summed E-state index contributed by atoms with van der Waals surface area (Å²) in [5.74, 6) is 1.11. The second-order valence-electron chi connectivity index (χ2n) is 6.75. The summed E-state index contributed by atoms with van der Waals surface area (Å²) in [6, 6.07) is 3.06. The molecule has 0 aliphatic heterocycles. The molecule has 0 bridgehead atoms. The summed E-state index contributed by atoms with van der Waals surface area (Å²) in [7, 11) is 0. The summed E-state index contributed by atoms with van der Waals surface area (Å²) in [6.07, 6.45) is 2.07. The fraction of sp³-hybridized carbons (Fsp3) is 0.471. The molecule has 0 aliphatic carbocycles. The number of furan rings is 1. The third kappa shape index (κ3) is 5.37. The smallest absolute Gasteiger partial charge is 0.320 e. The van der Waals surface area contributed by atoms with E-state index in [0.29, 0.717) is 36.8 Å². The molecule has 2 aromatic rings. The first-order chi connectivity index (χ1) is 11.8. The maximum atomic E-state index is 11.8. The van der Waals surface area contributed by atoms with Gasteiger partial charge in [0, 0.05) is 30.1 Å². The van der Waals surface area contributed by atoms with Crippen molar-refractivity contribution in [2.75, 3.05) is 18.4 Å². The number of nitrogens with zero attached hydrogens (tertiary/aromatic N) is 1. The van der Waals surface area contributed by atoms with Gasteiger partial charge in [0.2, 0.25) is 0 Å². The number of carbonyl (C=O) groups is 2. The van der Waals surface area contributed by atoms with Crippen molar-refractivity contribution in [3.8, 4) is 0 Å². The van der Waals surface area contributed by atoms with Gasteiger partial charge >= 0.3 is 6.03 Å². The molecule has 0 radical (unpaired) electrons. The molecule has 3 N–H and O–H groups in total. The lowest BCUT2D eigenvalue weighted by Gasteiger charge is -2.12. The molecule has 0 saturated carbocycles. The van der Waals surface area contributed by atoms with Gasteiger partial charge in [0.25, 0.3) is 5.91 Å². The number of nitrogens with one attached hydrogen (secondary N) is 3. The van der Waals surface area contributed by atoms with Crippen molar-refractivity contribution in [2.45, 2.75) is 39.5 Å². The molecular weight excluding hydrogens is 324 g/mol. The molecule has 2 rings (SSSR count). The quantitative estimate of drug-likeness (QED) is 0.695. The number of aryl methyl sites for hydroxylation is 1. The van der Waals surface area contributed by atoms with E-state index in [1.807, 2.05) is 20.8 Å². The molecule has 0 aliphatic rings. The van der Waals surface area contributed by atoms with Crippen LogP contribution in [-0.4, -0.2) is 30.2 Å². The summed E-state index contributed by atoms with van der Waals surface area (Å²) in [5, 5.41) is 11.8. The fourth-order valence-electron chi connectivity index (χ4n) is 2.03. The molecule has 0 fully saturated rings. The van der Waals surface area contributed by atoms with Crippen molar-refractivity contribution in [2.24, 2.45) is 0 Å². The molecule has 0 saturated heterocycles. The molecule has 8 heteroatoms. The van der Waals surface area contributed by atoms with Crippen LogP contribution in [0.1, 0.15) is 49.1 Å². The molecule has 2 aromatic heterocycles. The van der Waals surface area contributed by atoms with E-state index >= 15 is 0 Å². The van der Waals surface area contributed by atoms with Crippen molar-refractivity contribution in [1.29, 1.82) is 0 Å². The fourth-order valence-corrected chi connectivity index (χ4v) is 2.03. The summed E-state index contributed by atoms with van der Waals surface area (Å²) >= 11 is 0. The van der Waals surface area contributed by atoms with Crippen molar-refractivity contribution < 1.29 is 18.5 Å². The van der Waals surface area contributed by atoms with Gasteiger partial charge in [0.1, 0.15) is 5.76 Å². The van der Waals surface area contributed by atoms with Gasteiger partial charge in [0.15, 0.2) is 11.6 Å². The molecule has 0 atom stereocenters. The molecule has 3 amide bonds. The third-order valence-electron chi connectivity index (χ3n) is 3.48. The highest BCUT2D eigenvalue weighted by molar-refractivity contribution is 5.92. The largest absolute Gasteiger partial charge is 0.459 e. The van der Waals surface area contributed by atoms with Crippen molar-refractivity contribution >= 4 is 17.8 Å². The highest BCUT2D eigenvalue weighted by Crippen LogP contribution is 2.24. The maximum Gasteiger partial charge on any atom is 0.320 e. The van der Waals surface area contributed by atoms with Gasteiger partial charge < -0.3 is 19.6 Å². The first-order valence-electron chi connectivity index (χ1n) is 8.11. The Hall–Kier alpha value is -2.77. The lowest BCUT2D eigenvalue weighted by atomic mass is 9.93. The Bertz CT molecular complexity index is 727. The van der Waals surface area contributed by atoms with Crippen LogP contribution in [0.5, 0.6) is 0 Å². The lowest BCUT2D eigenvalue weighted by Crippen LogP contribution is -2.32. The van der Waals surface area contributed by atoms with E-state index in [0.717, 1.165) is 5.56 Å². The molecular formula is C17H24N4O4. The van der Waals surface area contributed by atoms with Crippen LogP contribution in [0.25, 0.3) is 0 Å². The minimum Gasteiger partial charge on any atom is -0.459 e. The van der Waals surface area contributed by atoms with E-state index in [4.69, 9.17) is 8.94 Å². The SMILES string of the molecule is Cc1ccoc1C(=O)NCCCNC(=O)Nc1cc(C(C)(C)C)on1. The number of hydrogen-bond acceptors (Lipinski definition) is 5. The third-order valence-corrected chi connectivity index (χ3v) is 3.48. The number of rotatable bonds is 6. The van der Waals surface area contributed by atoms with E-state index in [1.165, 1.54) is 6.26 Å². The van der Waals surface area contributed by atoms with E-state index in [9.17, 15) is 9.59 Å². The monoisotopic (exact) mass is 348 g/mol. The number of carbonyl (C=O) groups excluding carboxylic acids is 2. The van der Waals surface area contributed by atoms with Crippen LogP contribution >= 0.6 is 0 Å². The number of urea groups is 1. The second-order valence-corrected chi connectivity index (χ2v) is 6.75. The predicted octanol–water partition coefficient (Wildman–Crippen LogP) is 2.82. The van der Waals surface area contributed by atoms with Crippen LogP contribution in [0.3, 0.4) is 0 Å². The first-order valence-corrected chi connectivity index (χ1v) is 8.11. The number of hydrogen-bond donors (Lipinski definition) is 3. The van der Waals surface area contributed by atoms with E-state index in [-0.39, 0.29) is 17.4 Å². The zero-order valence-electron chi connectivity index (χ0n) is 14.9. The minimum absolute atomic E-state index is 0.173. The molecule has 0 unspecified atom stereocenters. The van der Waals surface area contributed by atoms with Gasteiger partial charge in [0.05, 0.1) is 6.26 Å². The molecule has 136 valence electrons. The van der Waals surface area contributed by atoms with Crippen LogP contribution in [-0.2, 0) is 5.41 Å². The van der Waals surface area contributed by atoms with Gasteiger partial charge in [-0.2, -0.15) is 0 Å². The zero-order valence-corrected chi connectivity index (χ0v) is 14.9. The number of anilines is 1. The van der Waals surface area contributed by atoms with Crippen LogP contribution < -0.4 is 16.0 Å². The van der Waals surface area contributed by atoms with E-state index in [1.54, 1.807) is 19.1 Å². The molecule has 2 heterocycles. The Balaban J connectivity index is 1.65. The van der Waals surface area contributed by atoms with Crippen molar-refractivity contribution in [3.63, 3.8) is 0 Å². The molecule has 0 aromatic carbocycles. The number of aromatic nitrogens is 1. The summed E-state index contributed by atoms with van der Waals surface area (Å²) < 4.78 is 10.3. The van der Waals surface area contributed by atoms with Gasteiger partial charge in [-0.05, 0) is 19.4 Å². The Morgan fingerprint density at radius 1 is 1.20 bits per heavy atom. The standard InChI is InChI=1S/C17H24N4O4/c1-11-6-9-24-14(11)15(22)18-7-5-8-19-16(23)20-13-10-12(25-21-13)17(2,3)4/h6,9-10H,5,7-8H2,1-4H3,(H,18,22)(H2,19,20,21,23). The normalized spacial score (nSPS) is 11.2. The summed E-state index contributed by atoms with van der Waals surface area (Å²) in [4.78, 5) is 23.6. The van der Waals surface area contributed by atoms with Gasteiger partial charge in [-0.25, -0.2) is 4.79 Å². The highest BCUT2D eigenvalue weighted by atomic mass is 16.5. The molecule has 25 heavy (non-hydrogen) atoms.